The van der Waals surface area contributed by atoms with E-state index in [0.29, 0.717) is 16.9 Å². The summed E-state index contributed by atoms with van der Waals surface area (Å²) in [5.74, 6) is -1.22. The lowest BCUT2D eigenvalue weighted by atomic mass is 9.86. The molecule has 2 aromatic carbocycles. The Morgan fingerprint density at radius 2 is 1.62 bits per heavy atom. The Bertz CT molecular complexity index is 800. The van der Waals surface area contributed by atoms with Crippen molar-refractivity contribution in [3.05, 3.63) is 60.2 Å². The summed E-state index contributed by atoms with van der Waals surface area (Å²) in [6, 6.07) is 15.7. The van der Waals surface area contributed by atoms with Gasteiger partial charge < -0.3 is 15.4 Å². The number of carbonyl (C=O) groups is 3. The van der Waals surface area contributed by atoms with Crippen molar-refractivity contribution in [2.24, 2.45) is 5.92 Å². The van der Waals surface area contributed by atoms with Crippen LogP contribution in [0.15, 0.2) is 54.6 Å². The normalized spacial score (nSPS) is 13.4. The number of hydrogen-bond donors (Lipinski definition) is 2. The number of benzene rings is 2. The second-order valence-electron chi connectivity index (χ2n) is 6.15. The first-order valence-electron chi connectivity index (χ1n) is 8.55. The van der Waals surface area contributed by atoms with Gasteiger partial charge in [0.2, 0.25) is 0 Å². The highest BCUT2D eigenvalue weighted by Gasteiger charge is 2.27. The number of rotatable bonds is 6. The van der Waals surface area contributed by atoms with Gasteiger partial charge in [-0.3, -0.25) is 14.4 Å². The number of carbonyl (C=O) groups excluding carboxylic acids is 3. The molecule has 3 rings (SSSR count). The summed E-state index contributed by atoms with van der Waals surface area (Å²) in [6.45, 7) is -0.357. The molecule has 0 atom stereocenters. The molecular weight excluding hydrogens is 332 g/mol. The maximum atomic E-state index is 12.5. The van der Waals surface area contributed by atoms with Crippen LogP contribution in [0.4, 0.5) is 11.4 Å². The second kappa shape index (κ2) is 8.29. The van der Waals surface area contributed by atoms with E-state index in [1.165, 1.54) is 0 Å². The Labute approximate surface area is 151 Å². The molecule has 6 heteroatoms. The molecule has 2 aromatic rings. The van der Waals surface area contributed by atoms with E-state index >= 15 is 0 Å². The van der Waals surface area contributed by atoms with E-state index in [1.807, 2.05) is 18.2 Å². The van der Waals surface area contributed by atoms with Gasteiger partial charge in [0.15, 0.2) is 6.61 Å². The largest absolute Gasteiger partial charge is 0.455 e. The summed E-state index contributed by atoms with van der Waals surface area (Å²) in [7, 11) is 0. The molecule has 1 aliphatic rings. The predicted molar refractivity (Wildman–Crippen MR) is 97.8 cm³/mol. The zero-order chi connectivity index (χ0) is 18.4. The monoisotopic (exact) mass is 352 g/mol. The zero-order valence-corrected chi connectivity index (χ0v) is 14.2. The fraction of sp³-hybridized carbons (Fsp3) is 0.250. The summed E-state index contributed by atoms with van der Waals surface area (Å²) in [6.07, 6.45) is 2.67. The van der Waals surface area contributed by atoms with Crippen LogP contribution < -0.4 is 10.6 Å². The molecule has 0 saturated heterocycles. The maximum absolute atomic E-state index is 12.5. The van der Waals surface area contributed by atoms with Crippen LogP contribution in [0.25, 0.3) is 0 Å². The molecule has 6 nitrogen and oxygen atoms in total. The summed E-state index contributed by atoms with van der Waals surface area (Å²) in [5.41, 5.74) is 1.36. The van der Waals surface area contributed by atoms with Crippen molar-refractivity contribution in [3.63, 3.8) is 0 Å². The molecule has 0 radical (unpaired) electrons. The Morgan fingerprint density at radius 3 is 2.31 bits per heavy atom. The van der Waals surface area contributed by atoms with E-state index in [4.69, 9.17) is 4.74 Å². The molecule has 0 unspecified atom stereocenters. The summed E-state index contributed by atoms with van der Waals surface area (Å²) >= 11 is 0. The highest BCUT2D eigenvalue weighted by atomic mass is 16.5. The van der Waals surface area contributed by atoms with Crippen molar-refractivity contribution in [1.29, 1.82) is 0 Å². The van der Waals surface area contributed by atoms with Gasteiger partial charge in [0.25, 0.3) is 11.8 Å². The van der Waals surface area contributed by atoms with Gasteiger partial charge in [-0.25, -0.2) is 0 Å². The Kier molecular flexibility index (Phi) is 5.63. The summed E-state index contributed by atoms with van der Waals surface area (Å²) in [5, 5.41) is 5.41. The minimum Gasteiger partial charge on any atom is -0.455 e. The zero-order valence-electron chi connectivity index (χ0n) is 14.2. The highest BCUT2D eigenvalue weighted by molar-refractivity contribution is 6.10. The third-order valence-corrected chi connectivity index (χ3v) is 4.26. The van der Waals surface area contributed by atoms with Crippen molar-refractivity contribution in [3.8, 4) is 0 Å². The SMILES string of the molecule is O=C(COC(=O)C1CCC1)Nc1ccccc1C(=O)Nc1ccccc1. The Balaban J connectivity index is 1.60. The van der Waals surface area contributed by atoms with Crippen LogP contribution >= 0.6 is 0 Å². The molecule has 0 aromatic heterocycles. The van der Waals surface area contributed by atoms with Crippen LogP contribution in [0.1, 0.15) is 29.6 Å². The number of nitrogens with one attached hydrogen (secondary N) is 2. The van der Waals surface area contributed by atoms with E-state index < -0.39 is 5.91 Å². The van der Waals surface area contributed by atoms with E-state index in [9.17, 15) is 14.4 Å². The van der Waals surface area contributed by atoms with Crippen LogP contribution in [0, 0.1) is 5.92 Å². The number of hydrogen-bond acceptors (Lipinski definition) is 4. The van der Waals surface area contributed by atoms with Crippen molar-refractivity contribution >= 4 is 29.2 Å². The minimum absolute atomic E-state index is 0.0771. The lowest BCUT2D eigenvalue weighted by molar-refractivity contribution is -0.154. The van der Waals surface area contributed by atoms with Crippen molar-refractivity contribution < 1.29 is 19.1 Å². The van der Waals surface area contributed by atoms with Gasteiger partial charge in [0.1, 0.15) is 0 Å². The third kappa shape index (κ3) is 4.47. The van der Waals surface area contributed by atoms with Crippen molar-refractivity contribution in [2.75, 3.05) is 17.2 Å². The standard InChI is InChI=1S/C20H20N2O4/c23-18(13-26-20(25)14-7-6-8-14)22-17-12-5-4-11-16(17)19(24)21-15-9-2-1-3-10-15/h1-5,9-12,14H,6-8,13H2,(H,21,24)(H,22,23). The molecule has 0 heterocycles. The summed E-state index contributed by atoms with van der Waals surface area (Å²) < 4.78 is 5.02. The lowest BCUT2D eigenvalue weighted by Crippen LogP contribution is -2.28. The molecule has 1 fully saturated rings. The van der Waals surface area contributed by atoms with Crippen LogP contribution in [0.3, 0.4) is 0 Å². The number of esters is 1. The fourth-order valence-electron chi connectivity index (χ4n) is 2.59. The van der Waals surface area contributed by atoms with E-state index in [1.54, 1.807) is 36.4 Å². The number of ether oxygens (including phenoxy) is 1. The average Bonchev–Trinajstić information content (AvgIpc) is 2.60. The number of anilines is 2. The first kappa shape index (κ1) is 17.7. The molecule has 0 aliphatic heterocycles. The van der Waals surface area contributed by atoms with Crippen LogP contribution in [0.5, 0.6) is 0 Å². The van der Waals surface area contributed by atoms with Gasteiger partial charge >= 0.3 is 5.97 Å². The molecule has 134 valence electrons. The molecule has 26 heavy (non-hydrogen) atoms. The van der Waals surface area contributed by atoms with Gasteiger partial charge in [0.05, 0.1) is 17.2 Å². The smallest absolute Gasteiger partial charge is 0.309 e. The molecule has 1 aliphatic carbocycles. The van der Waals surface area contributed by atoms with Crippen LogP contribution in [-0.2, 0) is 14.3 Å². The lowest BCUT2D eigenvalue weighted by Gasteiger charge is -2.22. The topological polar surface area (TPSA) is 84.5 Å². The molecule has 2 amide bonds. The molecule has 1 saturated carbocycles. The quantitative estimate of drug-likeness (QED) is 0.782. The highest BCUT2D eigenvalue weighted by Crippen LogP contribution is 2.27. The van der Waals surface area contributed by atoms with Crippen LogP contribution in [-0.4, -0.2) is 24.4 Å². The van der Waals surface area contributed by atoms with Crippen LogP contribution in [0.2, 0.25) is 0 Å². The molecule has 2 N–H and O–H groups in total. The van der Waals surface area contributed by atoms with Gasteiger partial charge in [0, 0.05) is 5.69 Å². The van der Waals surface area contributed by atoms with E-state index in [2.05, 4.69) is 10.6 Å². The van der Waals surface area contributed by atoms with Gasteiger partial charge in [-0.05, 0) is 37.1 Å². The fourth-order valence-corrected chi connectivity index (χ4v) is 2.59. The van der Waals surface area contributed by atoms with E-state index in [0.717, 1.165) is 19.3 Å². The first-order chi connectivity index (χ1) is 12.6. The van der Waals surface area contributed by atoms with Crippen molar-refractivity contribution in [1.82, 2.24) is 0 Å². The predicted octanol–water partition coefficient (Wildman–Crippen LogP) is 3.22. The molecule has 0 spiro atoms. The summed E-state index contributed by atoms with van der Waals surface area (Å²) in [4.78, 5) is 36.2. The average molecular weight is 352 g/mol. The first-order valence-corrected chi connectivity index (χ1v) is 8.55. The number of para-hydroxylation sites is 2. The maximum Gasteiger partial charge on any atom is 0.309 e. The van der Waals surface area contributed by atoms with Gasteiger partial charge in [-0.2, -0.15) is 0 Å². The van der Waals surface area contributed by atoms with E-state index in [-0.39, 0.29) is 24.4 Å². The van der Waals surface area contributed by atoms with Crippen molar-refractivity contribution in [2.45, 2.75) is 19.3 Å². The third-order valence-electron chi connectivity index (χ3n) is 4.26. The van der Waals surface area contributed by atoms with Gasteiger partial charge in [-0.15, -0.1) is 0 Å². The second-order valence-corrected chi connectivity index (χ2v) is 6.15. The van der Waals surface area contributed by atoms with Gasteiger partial charge in [-0.1, -0.05) is 36.8 Å². The number of amides is 2. The Hall–Kier alpha value is -3.15. The minimum atomic E-state index is -0.474. The molecule has 0 bridgehead atoms. The molecular formula is C20H20N2O4. The Morgan fingerprint density at radius 1 is 0.923 bits per heavy atom.